The Bertz CT molecular complexity index is 627. The van der Waals surface area contributed by atoms with E-state index in [2.05, 4.69) is 10.5 Å². The Morgan fingerprint density at radius 1 is 1.08 bits per heavy atom. The van der Waals surface area contributed by atoms with E-state index in [1.54, 1.807) is 32.4 Å². The van der Waals surface area contributed by atoms with E-state index in [-0.39, 0.29) is 5.91 Å². The molecule has 2 atom stereocenters. The van der Waals surface area contributed by atoms with Gasteiger partial charge in [-0.15, -0.1) is 0 Å². The standard InChI is InChI=1S/C19H26N2O3/c1-23-17-10-8-15(12-18(17)24-2)19(22)21-20-16-9-7-13-5-3-4-6-14(13)11-16/h8,10,12-14H,3-7,9,11H2,1-2H3,(H,21,22)/b20-16-/t13-,14-/m1/s1. The monoisotopic (exact) mass is 330 g/mol. The molecule has 0 aliphatic heterocycles. The molecule has 0 spiro atoms. The van der Waals surface area contributed by atoms with Crippen molar-refractivity contribution in [2.45, 2.75) is 44.9 Å². The Morgan fingerprint density at radius 3 is 2.58 bits per heavy atom. The molecule has 0 unspecified atom stereocenters. The van der Waals surface area contributed by atoms with Gasteiger partial charge in [0.2, 0.25) is 0 Å². The second-order valence-corrected chi connectivity index (χ2v) is 6.74. The maximum Gasteiger partial charge on any atom is 0.271 e. The third-order valence-electron chi connectivity index (χ3n) is 5.33. The average Bonchev–Trinajstić information content (AvgIpc) is 2.65. The summed E-state index contributed by atoms with van der Waals surface area (Å²) in [7, 11) is 3.13. The lowest BCUT2D eigenvalue weighted by atomic mass is 9.70. The van der Waals surface area contributed by atoms with Crippen molar-refractivity contribution >= 4 is 11.6 Å². The van der Waals surface area contributed by atoms with Crippen LogP contribution in [-0.4, -0.2) is 25.8 Å². The quantitative estimate of drug-likeness (QED) is 0.855. The number of nitrogens with one attached hydrogen (secondary N) is 1. The SMILES string of the molecule is COc1ccc(C(=O)N/N=C2/CC[C@H]3CCCC[C@@H]3C2)cc1OC. The van der Waals surface area contributed by atoms with Gasteiger partial charge < -0.3 is 9.47 Å². The number of carbonyl (C=O) groups is 1. The minimum absolute atomic E-state index is 0.214. The first-order valence-corrected chi connectivity index (χ1v) is 8.79. The molecule has 2 saturated carbocycles. The number of hydrogen-bond donors (Lipinski definition) is 1. The summed E-state index contributed by atoms with van der Waals surface area (Å²) in [5.41, 5.74) is 4.35. The van der Waals surface area contributed by atoms with Gasteiger partial charge in [0.1, 0.15) is 0 Å². The minimum Gasteiger partial charge on any atom is -0.493 e. The summed E-state index contributed by atoms with van der Waals surface area (Å²) in [6.45, 7) is 0. The van der Waals surface area contributed by atoms with Crippen LogP contribution in [0.5, 0.6) is 11.5 Å². The molecule has 2 aliphatic rings. The van der Waals surface area contributed by atoms with Gasteiger partial charge in [-0.2, -0.15) is 5.10 Å². The highest BCUT2D eigenvalue weighted by atomic mass is 16.5. The van der Waals surface area contributed by atoms with Gasteiger partial charge in [0.25, 0.3) is 5.91 Å². The summed E-state index contributed by atoms with van der Waals surface area (Å²) in [5.74, 6) is 2.58. The van der Waals surface area contributed by atoms with Crippen LogP contribution in [0.2, 0.25) is 0 Å². The molecule has 0 saturated heterocycles. The van der Waals surface area contributed by atoms with E-state index in [0.29, 0.717) is 17.1 Å². The van der Waals surface area contributed by atoms with Crippen molar-refractivity contribution in [1.29, 1.82) is 0 Å². The van der Waals surface area contributed by atoms with Gasteiger partial charge >= 0.3 is 0 Å². The molecule has 1 amide bonds. The first-order chi connectivity index (χ1) is 11.7. The summed E-state index contributed by atoms with van der Waals surface area (Å²) in [6.07, 6.45) is 8.67. The third kappa shape index (κ3) is 3.71. The number of ether oxygens (including phenoxy) is 2. The van der Waals surface area contributed by atoms with Crippen LogP contribution in [0.4, 0.5) is 0 Å². The number of nitrogens with zero attached hydrogens (tertiary/aromatic N) is 1. The molecule has 1 aromatic carbocycles. The van der Waals surface area contributed by atoms with Gasteiger partial charge in [0.05, 0.1) is 14.2 Å². The summed E-state index contributed by atoms with van der Waals surface area (Å²) in [4.78, 5) is 12.3. The Hall–Kier alpha value is -2.04. The van der Waals surface area contributed by atoms with Crippen molar-refractivity contribution in [1.82, 2.24) is 5.43 Å². The lowest BCUT2D eigenvalue weighted by Crippen LogP contribution is -2.29. The van der Waals surface area contributed by atoms with E-state index in [1.807, 2.05) is 0 Å². The highest BCUT2D eigenvalue weighted by Gasteiger charge is 2.30. The summed E-state index contributed by atoms with van der Waals surface area (Å²) in [6, 6.07) is 5.12. The Labute approximate surface area is 143 Å². The fraction of sp³-hybridized carbons (Fsp3) is 0.579. The lowest BCUT2D eigenvalue weighted by Gasteiger charge is -2.35. The normalized spacial score (nSPS) is 25.0. The van der Waals surface area contributed by atoms with Crippen LogP contribution in [0.15, 0.2) is 23.3 Å². The highest BCUT2D eigenvalue weighted by molar-refractivity contribution is 5.96. The topological polar surface area (TPSA) is 59.9 Å². The lowest BCUT2D eigenvalue weighted by molar-refractivity contribution is 0.0953. The molecule has 2 aliphatic carbocycles. The van der Waals surface area contributed by atoms with Crippen molar-refractivity contribution in [3.05, 3.63) is 23.8 Å². The van der Waals surface area contributed by atoms with Crippen LogP contribution in [0.1, 0.15) is 55.3 Å². The molecule has 2 fully saturated rings. The van der Waals surface area contributed by atoms with Crippen molar-refractivity contribution in [2.24, 2.45) is 16.9 Å². The van der Waals surface area contributed by atoms with E-state index in [4.69, 9.17) is 9.47 Å². The number of hydrogen-bond acceptors (Lipinski definition) is 4. The predicted molar refractivity (Wildman–Crippen MR) is 93.7 cm³/mol. The molecule has 0 radical (unpaired) electrons. The van der Waals surface area contributed by atoms with Crippen molar-refractivity contribution in [2.75, 3.05) is 14.2 Å². The van der Waals surface area contributed by atoms with Crippen LogP contribution >= 0.6 is 0 Å². The predicted octanol–water partition coefficient (Wildman–Crippen LogP) is 3.78. The smallest absolute Gasteiger partial charge is 0.271 e. The summed E-state index contributed by atoms with van der Waals surface area (Å²) in [5, 5.41) is 4.39. The molecule has 5 heteroatoms. The fourth-order valence-electron chi connectivity index (χ4n) is 3.96. The van der Waals surface area contributed by atoms with Crippen molar-refractivity contribution in [3.8, 4) is 11.5 Å². The molecule has 0 aromatic heterocycles. The molecular weight excluding hydrogens is 304 g/mol. The maximum atomic E-state index is 12.3. The molecule has 130 valence electrons. The average molecular weight is 330 g/mol. The zero-order valence-electron chi connectivity index (χ0n) is 14.5. The van der Waals surface area contributed by atoms with Gasteiger partial charge in [-0.25, -0.2) is 5.43 Å². The number of hydrazone groups is 1. The van der Waals surface area contributed by atoms with Gasteiger partial charge in [-0.1, -0.05) is 19.3 Å². The molecule has 1 aromatic rings. The van der Waals surface area contributed by atoms with E-state index in [1.165, 1.54) is 32.1 Å². The Kier molecular flexibility index (Phi) is 5.38. The number of carbonyl (C=O) groups excluding carboxylic acids is 1. The highest BCUT2D eigenvalue weighted by Crippen LogP contribution is 2.39. The fourth-order valence-corrected chi connectivity index (χ4v) is 3.96. The summed E-state index contributed by atoms with van der Waals surface area (Å²) < 4.78 is 10.4. The van der Waals surface area contributed by atoms with Crippen molar-refractivity contribution < 1.29 is 14.3 Å². The largest absolute Gasteiger partial charge is 0.493 e. The Morgan fingerprint density at radius 2 is 1.83 bits per heavy atom. The molecule has 0 heterocycles. The van der Waals surface area contributed by atoms with E-state index < -0.39 is 0 Å². The molecule has 0 bridgehead atoms. The zero-order chi connectivity index (χ0) is 16.9. The maximum absolute atomic E-state index is 12.3. The third-order valence-corrected chi connectivity index (χ3v) is 5.33. The molecular formula is C19H26N2O3. The minimum atomic E-state index is -0.214. The first kappa shape index (κ1) is 16.8. The molecule has 3 rings (SSSR count). The van der Waals surface area contributed by atoms with Gasteiger partial charge in [-0.3, -0.25) is 4.79 Å². The van der Waals surface area contributed by atoms with Gasteiger partial charge in [0.15, 0.2) is 11.5 Å². The summed E-state index contributed by atoms with van der Waals surface area (Å²) >= 11 is 0. The zero-order valence-corrected chi connectivity index (χ0v) is 14.5. The van der Waals surface area contributed by atoms with E-state index >= 15 is 0 Å². The second kappa shape index (κ2) is 7.69. The van der Waals surface area contributed by atoms with Crippen LogP contribution < -0.4 is 14.9 Å². The number of methoxy groups -OCH3 is 2. The van der Waals surface area contributed by atoms with Crippen LogP contribution in [0.25, 0.3) is 0 Å². The van der Waals surface area contributed by atoms with E-state index in [0.717, 1.165) is 30.4 Å². The Balaban J connectivity index is 1.62. The number of amides is 1. The van der Waals surface area contributed by atoms with Crippen LogP contribution in [0.3, 0.4) is 0 Å². The van der Waals surface area contributed by atoms with Gasteiger partial charge in [-0.05, 0) is 55.7 Å². The van der Waals surface area contributed by atoms with Gasteiger partial charge in [0, 0.05) is 11.3 Å². The molecule has 1 N–H and O–H groups in total. The van der Waals surface area contributed by atoms with Crippen molar-refractivity contribution in [3.63, 3.8) is 0 Å². The van der Waals surface area contributed by atoms with E-state index in [9.17, 15) is 4.79 Å². The molecule has 24 heavy (non-hydrogen) atoms. The second-order valence-electron chi connectivity index (χ2n) is 6.74. The molecule has 5 nitrogen and oxygen atoms in total. The number of benzene rings is 1. The number of fused-ring (bicyclic) bond motifs is 1. The first-order valence-electron chi connectivity index (χ1n) is 8.79. The van der Waals surface area contributed by atoms with Crippen LogP contribution in [-0.2, 0) is 0 Å². The van der Waals surface area contributed by atoms with Crippen LogP contribution in [0, 0.1) is 11.8 Å². The number of rotatable bonds is 4.